The van der Waals surface area contributed by atoms with Crippen LogP contribution in [-0.2, 0) is 20.1 Å². The molecule has 0 bridgehead atoms. The van der Waals surface area contributed by atoms with E-state index in [2.05, 4.69) is 14.8 Å². The van der Waals surface area contributed by atoms with Gasteiger partial charge in [0.2, 0.25) is 0 Å². The highest BCUT2D eigenvalue weighted by Crippen LogP contribution is 2.04. The molecule has 2 aromatic rings. The molecule has 0 saturated heterocycles. The van der Waals surface area contributed by atoms with Crippen LogP contribution in [0.1, 0.15) is 11.5 Å². The van der Waals surface area contributed by atoms with Crippen molar-refractivity contribution in [2.45, 2.75) is 13.1 Å². The van der Waals surface area contributed by atoms with Gasteiger partial charge in [0.1, 0.15) is 6.33 Å². The lowest BCUT2D eigenvalue weighted by Crippen LogP contribution is -2.10. The van der Waals surface area contributed by atoms with Gasteiger partial charge in [-0.05, 0) is 12.1 Å². The summed E-state index contributed by atoms with van der Waals surface area (Å²) in [5.41, 5.74) is 6.70. The molecule has 0 radical (unpaired) electrons. The van der Waals surface area contributed by atoms with E-state index in [-0.39, 0.29) is 0 Å². The Kier molecular flexibility index (Phi) is 2.32. The molecule has 0 fully saturated rings. The summed E-state index contributed by atoms with van der Waals surface area (Å²) < 4.78 is 3.98. The van der Waals surface area contributed by atoms with Crippen molar-refractivity contribution < 1.29 is 0 Å². The normalized spacial score (nSPS) is 10.7. The maximum atomic E-state index is 5.60. The van der Waals surface area contributed by atoms with Crippen LogP contribution in [0.15, 0.2) is 24.7 Å². The molecule has 0 aliphatic rings. The Hall–Kier alpha value is -1.62. The van der Waals surface area contributed by atoms with E-state index in [4.69, 9.17) is 5.73 Å². The fourth-order valence-electron chi connectivity index (χ4n) is 1.39. The van der Waals surface area contributed by atoms with Gasteiger partial charge in [-0.15, -0.1) is 10.2 Å². The van der Waals surface area contributed by atoms with Crippen LogP contribution in [0, 0.1) is 0 Å². The maximum absolute atomic E-state index is 5.60. The minimum absolute atomic E-state index is 0.546. The highest BCUT2D eigenvalue weighted by molar-refractivity contribution is 5.08. The van der Waals surface area contributed by atoms with Gasteiger partial charge < -0.3 is 14.9 Å². The van der Waals surface area contributed by atoms with E-state index in [1.165, 1.54) is 0 Å². The van der Waals surface area contributed by atoms with Crippen molar-refractivity contribution in [2.75, 3.05) is 0 Å². The van der Waals surface area contributed by atoms with Gasteiger partial charge in [-0.25, -0.2) is 0 Å². The van der Waals surface area contributed by atoms with Crippen molar-refractivity contribution >= 4 is 0 Å². The quantitative estimate of drug-likeness (QED) is 0.749. The lowest BCUT2D eigenvalue weighted by molar-refractivity contribution is 0.672. The molecular weight excluding hydrogens is 178 g/mol. The van der Waals surface area contributed by atoms with E-state index in [1.54, 1.807) is 6.33 Å². The van der Waals surface area contributed by atoms with Gasteiger partial charge in [0, 0.05) is 25.5 Å². The average molecular weight is 191 g/mol. The molecule has 2 heterocycles. The minimum atomic E-state index is 0.546. The number of hydrogen-bond acceptors (Lipinski definition) is 3. The standard InChI is InChI=1S/C9H13N5/c1-13-7-11-12-9(13)6-14-4-2-3-8(14)5-10/h2-4,7H,5-6,10H2,1H3. The van der Waals surface area contributed by atoms with Crippen molar-refractivity contribution in [3.63, 3.8) is 0 Å². The van der Waals surface area contributed by atoms with E-state index >= 15 is 0 Å². The van der Waals surface area contributed by atoms with Crippen LogP contribution in [0.5, 0.6) is 0 Å². The van der Waals surface area contributed by atoms with Crippen LogP contribution in [0.2, 0.25) is 0 Å². The predicted octanol–water partition coefficient (Wildman–Crippen LogP) is 0.124. The molecule has 0 aliphatic heterocycles. The fourth-order valence-corrected chi connectivity index (χ4v) is 1.39. The summed E-state index contributed by atoms with van der Waals surface area (Å²) in [6.07, 6.45) is 3.69. The summed E-state index contributed by atoms with van der Waals surface area (Å²) in [5, 5.41) is 7.84. The summed E-state index contributed by atoms with van der Waals surface area (Å²) in [6.45, 7) is 1.26. The summed E-state index contributed by atoms with van der Waals surface area (Å²) in [7, 11) is 1.93. The molecular formula is C9H13N5. The lowest BCUT2D eigenvalue weighted by Gasteiger charge is -2.06. The van der Waals surface area contributed by atoms with E-state index in [0.717, 1.165) is 18.1 Å². The molecule has 0 atom stereocenters. The van der Waals surface area contributed by atoms with Crippen LogP contribution in [0.25, 0.3) is 0 Å². The number of hydrogen-bond donors (Lipinski definition) is 1. The molecule has 14 heavy (non-hydrogen) atoms. The van der Waals surface area contributed by atoms with Gasteiger partial charge >= 0.3 is 0 Å². The van der Waals surface area contributed by atoms with Crippen LogP contribution >= 0.6 is 0 Å². The van der Waals surface area contributed by atoms with Gasteiger partial charge in [-0.2, -0.15) is 0 Å². The Morgan fingerprint density at radius 3 is 3.00 bits per heavy atom. The third-order valence-corrected chi connectivity index (χ3v) is 2.25. The Morgan fingerprint density at radius 2 is 2.36 bits per heavy atom. The molecule has 0 aromatic carbocycles. The molecule has 0 amide bonds. The topological polar surface area (TPSA) is 61.7 Å². The highest BCUT2D eigenvalue weighted by Gasteiger charge is 2.03. The number of aromatic nitrogens is 4. The number of rotatable bonds is 3. The Labute approximate surface area is 82.2 Å². The minimum Gasteiger partial charge on any atom is -0.343 e. The largest absolute Gasteiger partial charge is 0.343 e. The molecule has 74 valence electrons. The van der Waals surface area contributed by atoms with Gasteiger partial charge in [-0.1, -0.05) is 0 Å². The molecule has 0 aliphatic carbocycles. The molecule has 2 aromatic heterocycles. The number of nitrogens with zero attached hydrogens (tertiary/aromatic N) is 4. The zero-order valence-electron chi connectivity index (χ0n) is 8.09. The fraction of sp³-hybridized carbons (Fsp3) is 0.333. The first-order chi connectivity index (χ1) is 6.81. The molecule has 0 unspecified atom stereocenters. The second kappa shape index (κ2) is 3.63. The van der Waals surface area contributed by atoms with Crippen molar-refractivity contribution in [1.82, 2.24) is 19.3 Å². The van der Waals surface area contributed by atoms with Gasteiger partial charge in [0.25, 0.3) is 0 Å². The van der Waals surface area contributed by atoms with E-state index in [9.17, 15) is 0 Å². The first-order valence-electron chi connectivity index (χ1n) is 4.48. The van der Waals surface area contributed by atoms with Crippen LogP contribution < -0.4 is 5.73 Å². The van der Waals surface area contributed by atoms with Gasteiger partial charge in [0.05, 0.1) is 6.54 Å². The first kappa shape index (κ1) is 8.96. The lowest BCUT2D eigenvalue weighted by atomic mass is 10.4. The van der Waals surface area contributed by atoms with Crippen molar-refractivity contribution in [1.29, 1.82) is 0 Å². The second-order valence-electron chi connectivity index (χ2n) is 3.19. The zero-order chi connectivity index (χ0) is 9.97. The molecule has 2 rings (SSSR count). The summed E-state index contributed by atoms with van der Waals surface area (Å²) in [6, 6.07) is 3.99. The van der Waals surface area contributed by atoms with E-state index < -0.39 is 0 Å². The van der Waals surface area contributed by atoms with Crippen molar-refractivity contribution in [2.24, 2.45) is 12.8 Å². The molecule has 5 nitrogen and oxygen atoms in total. The Bertz CT molecular complexity index is 414. The van der Waals surface area contributed by atoms with Crippen molar-refractivity contribution in [3.05, 3.63) is 36.2 Å². The molecule has 0 spiro atoms. The Morgan fingerprint density at radius 1 is 1.50 bits per heavy atom. The smallest absolute Gasteiger partial charge is 0.152 e. The third-order valence-electron chi connectivity index (χ3n) is 2.25. The first-order valence-corrected chi connectivity index (χ1v) is 4.48. The average Bonchev–Trinajstić information content (AvgIpc) is 2.77. The van der Waals surface area contributed by atoms with Gasteiger partial charge in [-0.3, -0.25) is 0 Å². The SMILES string of the molecule is Cn1cnnc1Cn1cccc1CN. The van der Waals surface area contributed by atoms with E-state index in [1.807, 2.05) is 29.9 Å². The molecule has 5 heteroatoms. The van der Waals surface area contributed by atoms with E-state index in [0.29, 0.717) is 6.54 Å². The van der Waals surface area contributed by atoms with Crippen LogP contribution in [-0.4, -0.2) is 19.3 Å². The number of aryl methyl sites for hydroxylation is 1. The molecule has 2 N–H and O–H groups in total. The van der Waals surface area contributed by atoms with Crippen LogP contribution in [0.3, 0.4) is 0 Å². The predicted molar refractivity (Wildman–Crippen MR) is 52.4 cm³/mol. The van der Waals surface area contributed by atoms with Crippen molar-refractivity contribution in [3.8, 4) is 0 Å². The Balaban J connectivity index is 2.22. The second-order valence-corrected chi connectivity index (χ2v) is 3.19. The maximum Gasteiger partial charge on any atom is 0.152 e. The van der Waals surface area contributed by atoms with Gasteiger partial charge in [0.15, 0.2) is 5.82 Å². The zero-order valence-corrected chi connectivity index (χ0v) is 8.09. The molecule has 0 saturated carbocycles. The summed E-state index contributed by atoms with van der Waals surface area (Å²) >= 11 is 0. The number of nitrogens with two attached hydrogens (primary N) is 1. The van der Waals surface area contributed by atoms with Crippen LogP contribution in [0.4, 0.5) is 0 Å². The highest BCUT2D eigenvalue weighted by atomic mass is 15.3. The third kappa shape index (κ3) is 1.54. The monoisotopic (exact) mass is 191 g/mol. The summed E-state index contributed by atoms with van der Waals surface area (Å²) in [4.78, 5) is 0. The summed E-state index contributed by atoms with van der Waals surface area (Å²) in [5.74, 6) is 0.927.